The molecule has 0 bridgehead atoms. The van der Waals surface area contributed by atoms with Crippen LogP contribution in [0.4, 0.5) is 0 Å². The Hall–Kier alpha value is -7.56. The summed E-state index contributed by atoms with van der Waals surface area (Å²) in [4.78, 5) is 10.6. The molecule has 0 radical (unpaired) electrons. The Labute approximate surface area is 324 Å². The van der Waals surface area contributed by atoms with E-state index in [1.54, 1.807) is 0 Å². The van der Waals surface area contributed by atoms with Crippen molar-refractivity contribution in [2.75, 3.05) is 0 Å². The van der Waals surface area contributed by atoms with Crippen molar-refractivity contribution in [3.8, 4) is 56.3 Å². The van der Waals surface area contributed by atoms with Gasteiger partial charge in [-0.2, -0.15) is 0 Å². The van der Waals surface area contributed by atoms with Crippen molar-refractivity contribution >= 4 is 43.6 Å². The van der Waals surface area contributed by atoms with Crippen LogP contribution in [0.2, 0.25) is 0 Å². The summed E-state index contributed by atoms with van der Waals surface area (Å²) < 4.78 is 4.65. The Bertz CT molecular complexity index is 3170. The molecule has 11 rings (SSSR count). The second-order valence-corrected chi connectivity index (χ2v) is 14.3. The van der Waals surface area contributed by atoms with Gasteiger partial charge in [0.25, 0.3) is 0 Å². The maximum absolute atomic E-state index is 5.41. The molecule has 4 nitrogen and oxygen atoms in total. The van der Waals surface area contributed by atoms with E-state index in [-0.39, 0.29) is 0 Å². The topological polar surface area (TPSA) is 35.6 Å². The van der Waals surface area contributed by atoms with E-state index in [0.717, 1.165) is 72.4 Å². The summed E-state index contributed by atoms with van der Waals surface area (Å²) in [5, 5.41) is 4.67. The first kappa shape index (κ1) is 31.9. The summed E-state index contributed by atoms with van der Waals surface area (Å²) in [5.41, 5.74) is 14.1. The van der Waals surface area contributed by atoms with Gasteiger partial charge < -0.3 is 9.13 Å². The van der Waals surface area contributed by atoms with Crippen LogP contribution in [-0.4, -0.2) is 19.1 Å². The lowest BCUT2D eigenvalue weighted by atomic mass is 9.94. The van der Waals surface area contributed by atoms with Crippen molar-refractivity contribution < 1.29 is 0 Å². The molecule has 11 aromatic rings. The molecule has 0 N–H and O–H groups in total. The van der Waals surface area contributed by atoms with Gasteiger partial charge in [-0.15, -0.1) is 0 Å². The first-order valence-electron chi connectivity index (χ1n) is 19.0. The van der Waals surface area contributed by atoms with Gasteiger partial charge in [-0.1, -0.05) is 127 Å². The van der Waals surface area contributed by atoms with Crippen molar-refractivity contribution in [2.24, 2.45) is 0 Å². The van der Waals surface area contributed by atoms with Crippen LogP contribution in [0, 0.1) is 0 Å². The predicted molar refractivity (Wildman–Crippen MR) is 232 cm³/mol. The molecule has 0 saturated carbocycles. The monoisotopic (exact) mass is 714 g/mol. The quantitative estimate of drug-likeness (QED) is 0.172. The molecule has 3 heterocycles. The van der Waals surface area contributed by atoms with Crippen LogP contribution in [0.3, 0.4) is 0 Å². The van der Waals surface area contributed by atoms with Gasteiger partial charge in [0.2, 0.25) is 0 Å². The summed E-state index contributed by atoms with van der Waals surface area (Å²) in [6, 6.07) is 71.1. The van der Waals surface area contributed by atoms with E-state index in [4.69, 9.17) is 9.97 Å². The van der Waals surface area contributed by atoms with E-state index >= 15 is 0 Å². The molecule has 0 atom stereocenters. The van der Waals surface area contributed by atoms with Crippen LogP contribution in [0.5, 0.6) is 0 Å². The molecular weight excluding hydrogens is 681 g/mol. The zero-order valence-corrected chi connectivity index (χ0v) is 30.4. The second-order valence-electron chi connectivity index (χ2n) is 14.3. The van der Waals surface area contributed by atoms with Crippen LogP contribution >= 0.6 is 0 Å². The van der Waals surface area contributed by atoms with Crippen LogP contribution < -0.4 is 0 Å². The molecule has 4 heteroatoms. The van der Waals surface area contributed by atoms with Crippen LogP contribution in [0.1, 0.15) is 0 Å². The molecule has 0 fully saturated rings. The van der Waals surface area contributed by atoms with Crippen molar-refractivity contribution in [1.29, 1.82) is 0 Å². The molecule has 0 aliphatic carbocycles. The lowest BCUT2D eigenvalue weighted by Gasteiger charge is -2.14. The van der Waals surface area contributed by atoms with Gasteiger partial charge in [-0.05, 0) is 95.1 Å². The number of benzene rings is 8. The van der Waals surface area contributed by atoms with E-state index in [9.17, 15) is 0 Å². The molecular formula is C52H34N4. The van der Waals surface area contributed by atoms with Crippen molar-refractivity contribution in [3.05, 3.63) is 206 Å². The van der Waals surface area contributed by atoms with Gasteiger partial charge in [0.05, 0.1) is 27.8 Å². The lowest BCUT2D eigenvalue weighted by Crippen LogP contribution is -1.98. The van der Waals surface area contributed by atoms with Crippen LogP contribution in [0.25, 0.3) is 99.9 Å². The van der Waals surface area contributed by atoms with Crippen LogP contribution in [-0.2, 0) is 0 Å². The summed E-state index contributed by atoms with van der Waals surface area (Å²) in [7, 11) is 0. The Morgan fingerprint density at radius 3 is 1.70 bits per heavy atom. The number of fused-ring (bicyclic) bond motifs is 5. The Morgan fingerprint density at radius 1 is 0.339 bits per heavy atom. The standard InChI is InChI=1S/C52H34N4/c1-4-15-35(16-5-1)39-29-40(36-17-6-2-7-18-36)31-41(30-39)51-45-24-10-12-25-47(45)53-52(54-51)38-19-14-22-43(32-38)56-48-26-13-11-23-44(48)46-33-37-27-28-55(49(37)34-50(46)56)42-20-8-3-9-21-42/h1-34H. The highest BCUT2D eigenvalue weighted by Gasteiger charge is 2.18. The fourth-order valence-corrected chi connectivity index (χ4v) is 8.26. The van der Waals surface area contributed by atoms with Crippen molar-refractivity contribution in [3.63, 3.8) is 0 Å². The molecule has 0 saturated heterocycles. The fraction of sp³-hybridized carbons (Fsp3) is 0. The molecule has 56 heavy (non-hydrogen) atoms. The lowest BCUT2D eigenvalue weighted by molar-refractivity contribution is 1.12. The molecule has 0 amide bonds. The Balaban J connectivity index is 1.11. The summed E-state index contributed by atoms with van der Waals surface area (Å²) in [6.07, 6.45) is 2.17. The Kier molecular flexibility index (Phi) is 7.46. The van der Waals surface area contributed by atoms with Crippen LogP contribution in [0.15, 0.2) is 206 Å². The maximum atomic E-state index is 5.41. The van der Waals surface area contributed by atoms with Gasteiger partial charge in [-0.25, -0.2) is 9.97 Å². The second kappa shape index (κ2) is 13.1. The van der Waals surface area contributed by atoms with Gasteiger partial charge in [0.15, 0.2) is 5.82 Å². The molecule has 0 aliphatic rings. The first-order valence-corrected chi connectivity index (χ1v) is 19.0. The molecule has 0 aliphatic heterocycles. The SMILES string of the molecule is c1ccc(-c2cc(-c3ccccc3)cc(-c3nc(-c4cccc(-n5c6ccccc6c6cc7ccn(-c8ccccc8)c7cc65)c4)nc4ccccc34)c2)cc1. The zero-order chi connectivity index (χ0) is 37.0. The maximum Gasteiger partial charge on any atom is 0.160 e. The zero-order valence-electron chi connectivity index (χ0n) is 30.4. The third kappa shape index (κ3) is 5.39. The van der Waals surface area contributed by atoms with Gasteiger partial charge in [0.1, 0.15) is 0 Å². The molecule has 262 valence electrons. The fourth-order valence-electron chi connectivity index (χ4n) is 8.26. The van der Waals surface area contributed by atoms with Crippen molar-refractivity contribution in [2.45, 2.75) is 0 Å². The average molecular weight is 715 g/mol. The predicted octanol–water partition coefficient (Wildman–Crippen LogP) is 13.3. The van der Waals surface area contributed by atoms with Gasteiger partial charge in [0, 0.05) is 50.2 Å². The normalized spacial score (nSPS) is 11.6. The smallest absolute Gasteiger partial charge is 0.160 e. The van der Waals surface area contributed by atoms with Gasteiger partial charge >= 0.3 is 0 Å². The number of nitrogens with zero attached hydrogens (tertiary/aromatic N) is 4. The minimum Gasteiger partial charge on any atom is -0.316 e. The summed E-state index contributed by atoms with van der Waals surface area (Å²) in [5.74, 6) is 0.688. The number of hydrogen-bond donors (Lipinski definition) is 0. The van der Waals surface area contributed by atoms with Crippen molar-refractivity contribution in [1.82, 2.24) is 19.1 Å². The minimum atomic E-state index is 0.688. The van der Waals surface area contributed by atoms with Gasteiger partial charge in [-0.3, -0.25) is 0 Å². The average Bonchev–Trinajstić information content (AvgIpc) is 3.84. The Morgan fingerprint density at radius 2 is 0.946 bits per heavy atom. The number of hydrogen-bond acceptors (Lipinski definition) is 2. The van der Waals surface area contributed by atoms with E-state index < -0.39 is 0 Å². The van der Waals surface area contributed by atoms with E-state index in [1.165, 1.54) is 21.7 Å². The summed E-state index contributed by atoms with van der Waals surface area (Å²) >= 11 is 0. The highest BCUT2D eigenvalue weighted by Crippen LogP contribution is 2.38. The highest BCUT2D eigenvalue weighted by molar-refractivity contribution is 6.13. The molecule has 0 spiro atoms. The van der Waals surface area contributed by atoms with E-state index in [0.29, 0.717) is 5.82 Å². The highest BCUT2D eigenvalue weighted by atomic mass is 15.0. The third-order valence-corrected chi connectivity index (χ3v) is 10.9. The van der Waals surface area contributed by atoms with E-state index in [1.807, 2.05) is 0 Å². The number of rotatable bonds is 6. The minimum absolute atomic E-state index is 0.688. The number of aromatic nitrogens is 4. The van der Waals surface area contributed by atoms with E-state index in [2.05, 4.69) is 216 Å². The summed E-state index contributed by atoms with van der Waals surface area (Å²) in [6.45, 7) is 0. The number of para-hydroxylation sites is 3. The first-order chi connectivity index (χ1) is 27.7. The largest absolute Gasteiger partial charge is 0.316 e. The molecule has 0 unspecified atom stereocenters. The molecule has 8 aromatic carbocycles. The molecule has 3 aromatic heterocycles. The third-order valence-electron chi connectivity index (χ3n) is 10.9.